The molecule has 13 heteroatoms. The van der Waals surface area contributed by atoms with Gasteiger partial charge in [0.1, 0.15) is 18.1 Å². The highest BCUT2D eigenvalue weighted by atomic mass is 16.4. The van der Waals surface area contributed by atoms with Crippen molar-refractivity contribution in [3.05, 3.63) is 35.9 Å². The molecule has 7 N–H and O–H groups in total. The minimum absolute atomic E-state index is 0. The molecule has 0 aliphatic carbocycles. The summed E-state index contributed by atoms with van der Waals surface area (Å²) in [7, 11) is 0. The van der Waals surface area contributed by atoms with Crippen LogP contribution < -0.4 is 26.6 Å². The van der Waals surface area contributed by atoms with Gasteiger partial charge in [-0.15, -0.1) is 0 Å². The molecule has 0 unspecified atom stereocenters. The number of carboxylic acids is 1. The molecular formula is C36H61N5O8. The van der Waals surface area contributed by atoms with Gasteiger partial charge < -0.3 is 36.8 Å². The lowest BCUT2D eigenvalue weighted by molar-refractivity contribution is -0.137. The number of nitrogens with one attached hydrogen (secondary N) is 5. The van der Waals surface area contributed by atoms with Gasteiger partial charge in [0.05, 0.1) is 18.6 Å². The van der Waals surface area contributed by atoms with E-state index in [2.05, 4.69) is 26.6 Å². The summed E-state index contributed by atoms with van der Waals surface area (Å²) in [6, 6.07) is 5.67. The Morgan fingerprint density at radius 3 is 1.98 bits per heavy atom. The maximum absolute atomic E-state index is 13.5. The molecule has 6 atom stereocenters. The van der Waals surface area contributed by atoms with Gasteiger partial charge in [-0.05, 0) is 43.6 Å². The van der Waals surface area contributed by atoms with Crippen LogP contribution in [-0.2, 0) is 35.2 Å². The fourth-order valence-electron chi connectivity index (χ4n) is 5.21. The van der Waals surface area contributed by atoms with Crippen molar-refractivity contribution in [1.82, 2.24) is 26.6 Å². The van der Waals surface area contributed by atoms with Crippen LogP contribution in [0.4, 0.5) is 0 Å². The first-order valence-corrected chi connectivity index (χ1v) is 17.1. The van der Waals surface area contributed by atoms with Crippen LogP contribution in [0, 0.1) is 11.8 Å². The fraction of sp³-hybridized carbons (Fsp3) is 0.667. The number of carbonyl (C=O) groups is 6. The van der Waals surface area contributed by atoms with Crippen LogP contribution in [0.15, 0.2) is 30.3 Å². The molecule has 0 bridgehead atoms. The first kappa shape index (κ1) is 45.0. The highest BCUT2D eigenvalue weighted by molar-refractivity contribution is 5.92. The smallest absolute Gasteiger partial charge is 0.303 e. The number of aliphatic hydroxyl groups is 1. The summed E-state index contributed by atoms with van der Waals surface area (Å²) in [5.41, 5.74) is 0.858. The van der Waals surface area contributed by atoms with Crippen molar-refractivity contribution in [3.63, 3.8) is 0 Å². The molecule has 1 aromatic rings. The predicted molar refractivity (Wildman–Crippen MR) is 189 cm³/mol. The average molecular weight is 692 g/mol. The van der Waals surface area contributed by atoms with E-state index in [4.69, 9.17) is 5.11 Å². The number of carbonyl (C=O) groups excluding carboxylic acids is 5. The summed E-state index contributed by atoms with van der Waals surface area (Å²) in [6.45, 7) is 11.5. The Kier molecular flexibility index (Phi) is 22.2. The van der Waals surface area contributed by atoms with Crippen LogP contribution >= 0.6 is 0 Å². The Labute approximate surface area is 292 Å². The fourth-order valence-corrected chi connectivity index (χ4v) is 5.21. The summed E-state index contributed by atoms with van der Waals surface area (Å²) in [4.78, 5) is 76.1. The zero-order valence-electron chi connectivity index (χ0n) is 29.3. The Bertz CT molecular complexity index is 1180. The molecular weight excluding hydrogens is 630 g/mol. The molecule has 0 aliphatic rings. The lowest BCUT2D eigenvalue weighted by atomic mass is 9.95. The second-order valence-corrected chi connectivity index (χ2v) is 12.7. The Hall–Kier alpha value is -4.00. The van der Waals surface area contributed by atoms with Gasteiger partial charge in [0.25, 0.3) is 0 Å². The number of aliphatic carboxylic acids is 1. The van der Waals surface area contributed by atoms with Crippen LogP contribution in [0.25, 0.3) is 0 Å². The molecule has 0 aromatic heterocycles. The molecule has 0 spiro atoms. The molecule has 0 radical (unpaired) electrons. The minimum atomic E-state index is -1.28. The van der Waals surface area contributed by atoms with Gasteiger partial charge in [0.2, 0.25) is 29.5 Å². The van der Waals surface area contributed by atoms with E-state index in [1.54, 1.807) is 13.8 Å². The van der Waals surface area contributed by atoms with Crippen molar-refractivity contribution in [1.29, 1.82) is 0 Å². The summed E-state index contributed by atoms with van der Waals surface area (Å²) in [6.07, 6.45) is 0.286. The Morgan fingerprint density at radius 1 is 0.776 bits per heavy atom. The third-order valence-corrected chi connectivity index (χ3v) is 8.01. The van der Waals surface area contributed by atoms with Gasteiger partial charge in [0, 0.05) is 25.8 Å². The predicted octanol–water partition coefficient (Wildman–Crippen LogP) is 2.84. The number of benzene rings is 1. The number of hydrogen-bond acceptors (Lipinski definition) is 7. The molecule has 0 heterocycles. The van der Waals surface area contributed by atoms with Crippen LogP contribution in [0.2, 0.25) is 0 Å². The van der Waals surface area contributed by atoms with E-state index in [9.17, 15) is 33.9 Å². The molecule has 0 saturated carbocycles. The molecule has 0 saturated heterocycles. The third kappa shape index (κ3) is 17.8. The molecule has 278 valence electrons. The normalized spacial score (nSPS) is 14.5. The molecule has 0 fully saturated rings. The second-order valence-electron chi connectivity index (χ2n) is 12.7. The quantitative estimate of drug-likeness (QED) is 0.0907. The summed E-state index contributed by atoms with van der Waals surface area (Å²) < 4.78 is 0. The number of hydrogen-bond donors (Lipinski definition) is 7. The van der Waals surface area contributed by atoms with Crippen molar-refractivity contribution in [2.24, 2.45) is 11.8 Å². The molecule has 1 rings (SSSR count). The summed E-state index contributed by atoms with van der Waals surface area (Å²) >= 11 is 0. The number of rotatable bonds is 23. The van der Waals surface area contributed by atoms with Gasteiger partial charge in [-0.25, -0.2) is 0 Å². The van der Waals surface area contributed by atoms with Crippen molar-refractivity contribution in [3.8, 4) is 0 Å². The lowest BCUT2D eigenvalue weighted by Gasteiger charge is -2.30. The molecule has 13 nitrogen and oxygen atoms in total. The summed E-state index contributed by atoms with van der Waals surface area (Å²) in [5, 5.41) is 33.8. The molecule has 0 aliphatic heterocycles. The lowest BCUT2D eigenvalue weighted by Crippen LogP contribution is -2.57. The summed E-state index contributed by atoms with van der Waals surface area (Å²) in [5.74, 6) is -3.66. The average Bonchev–Trinajstić information content (AvgIpc) is 3.02. The van der Waals surface area contributed by atoms with Crippen LogP contribution in [-0.4, -0.2) is 82.5 Å². The SMILES string of the molecule is C.CCC[C@H](NC(=O)[C@@H](NC(=O)CCCC(=O)O)[C@@H](C)CC)C(=O)N[C@@H](CC(C)C)[C@@H](O)CC(=O)N[C@@H](Cc1ccccc1)C(=O)NCC. The van der Waals surface area contributed by atoms with Gasteiger partial charge >= 0.3 is 5.97 Å². The van der Waals surface area contributed by atoms with E-state index in [0.717, 1.165) is 5.56 Å². The van der Waals surface area contributed by atoms with Crippen LogP contribution in [0.5, 0.6) is 0 Å². The second kappa shape index (κ2) is 24.2. The zero-order valence-corrected chi connectivity index (χ0v) is 29.3. The standard InChI is InChI=1S/C35H57N5O8.CH4/c1-7-14-25(38-35(48)32(23(6)8-2)40-29(42)17-13-18-31(44)45)34(47)39-26(19-22(4)5)28(41)21-30(43)37-27(33(46)36-9-3)20-24-15-11-10-12-16-24;/h10-12,15-16,22-23,25-28,32,41H,7-9,13-14,17-21H2,1-6H3,(H,36,46)(H,37,43)(H,38,48)(H,39,47)(H,40,42)(H,44,45);1H4/t23-,25-,26-,27-,28-,32-;/m0./s1. The van der Waals surface area contributed by atoms with Crippen molar-refractivity contribution < 1.29 is 39.0 Å². The van der Waals surface area contributed by atoms with E-state index in [-0.39, 0.29) is 63.7 Å². The van der Waals surface area contributed by atoms with Gasteiger partial charge in [0.15, 0.2) is 0 Å². The van der Waals surface area contributed by atoms with E-state index in [0.29, 0.717) is 25.8 Å². The van der Waals surface area contributed by atoms with Gasteiger partial charge in [-0.3, -0.25) is 28.8 Å². The first-order chi connectivity index (χ1) is 22.7. The minimum Gasteiger partial charge on any atom is -0.481 e. The van der Waals surface area contributed by atoms with Gasteiger partial charge in [-0.2, -0.15) is 0 Å². The highest BCUT2D eigenvalue weighted by Crippen LogP contribution is 2.14. The third-order valence-electron chi connectivity index (χ3n) is 8.01. The molecule has 5 amide bonds. The number of likely N-dealkylation sites (N-methyl/N-ethyl adjacent to an activating group) is 1. The Balaban J connectivity index is 0.0000230. The number of aliphatic hydroxyl groups excluding tert-OH is 1. The Morgan fingerprint density at radius 2 is 1.43 bits per heavy atom. The van der Waals surface area contributed by atoms with E-state index in [1.165, 1.54) is 0 Å². The molecule has 49 heavy (non-hydrogen) atoms. The van der Waals surface area contributed by atoms with Crippen molar-refractivity contribution in [2.45, 2.75) is 137 Å². The van der Waals surface area contributed by atoms with Crippen LogP contribution in [0.1, 0.15) is 106 Å². The monoisotopic (exact) mass is 691 g/mol. The maximum Gasteiger partial charge on any atom is 0.303 e. The highest BCUT2D eigenvalue weighted by Gasteiger charge is 2.32. The zero-order chi connectivity index (χ0) is 36.2. The van der Waals surface area contributed by atoms with Crippen molar-refractivity contribution in [2.75, 3.05) is 6.54 Å². The maximum atomic E-state index is 13.5. The first-order valence-electron chi connectivity index (χ1n) is 17.1. The van der Waals surface area contributed by atoms with E-state index < -0.39 is 59.9 Å². The van der Waals surface area contributed by atoms with Crippen LogP contribution in [0.3, 0.4) is 0 Å². The number of carboxylic acid groups (broad SMARTS) is 1. The van der Waals surface area contributed by atoms with E-state index in [1.807, 2.05) is 58.0 Å². The van der Waals surface area contributed by atoms with E-state index >= 15 is 0 Å². The topological polar surface area (TPSA) is 203 Å². The largest absolute Gasteiger partial charge is 0.481 e. The van der Waals surface area contributed by atoms with Crippen molar-refractivity contribution >= 4 is 35.5 Å². The molecule has 1 aromatic carbocycles. The number of amides is 5. The van der Waals surface area contributed by atoms with Gasteiger partial charge in [-0.1, -0.05) is 85.2 Å².